The van der Waals surface area contributed by atoms with Crippen LogP contribution in [-0.4, -0.2) is 27.0 Å². The quantitative estimate of drug-likeness (QED) is 0.310. The lowest BCUT2D eigenvalue weighted by molar-refractivity contribution is 0.413. The Labute approximate surface area is 181 Å². The fraction of sp³-hybridized carbons (Fsp3) is 0.136. The molecule has 5 aromatic rings. The Kier molecular flexibility index (Phi) is 5.32. The van der Waals surface area contributed by atoms with Crippen LogP contribution in [0.4, 0.5) is 0 Å². The van der Waals surface area contributed by atoms with Crippen LogP contribution in [0.5, 0.6) is 5.75 Å². The maximum absolute atomic E-state index is 5.56. The molecule has 1 aromatic carbocycles. The monoisotopic (exact) mass is 434 g/mol. The lowest BCUT2D eigenvalue weighted by Crippen LogP contribution is -2.03. The Bertz CT molecular complexity index is 1260. The molecule has 0 aliphatic carbocycles. The summed E-state index contributed by atoms with van der Waals surface area (Å²) in [6, 6.07) is 17.0. The summed E-state index contributed by atoms with van der Waals surface area (Å²) in [7, 11) is 1.64. The number of thioether (sulfide) groups is 1. The van der Waals surface area contributed by atoms with Gasteiger partial charge in [-0.05, 0) is 36.4 Å². The molecule has 8 nitrogen and oxygen atoms in total. The van der Waals surface area contributed by atoms with E-state index in [4.69, 9.17) is 18.1 Å². The second kappa shape index (κ2) is 8.57. The highest BCUT2D eigenvalue weighted by Crippen LogP contribution is 2.30. The normalized spacial score (nSPS) is 11.1. The third kappa shape index (κ3) is 4.13. The highest BCUT2D eigenvalue weighted by atomic mass is 32.2. The number of aromatic nitrogens is 4. The molecule has 0 N–H and O–H groups in total. The zero-order valence-electron chi connectivity index (χ0n) is 16.6. The van der Waals surface area contributed by atoms with Crippen molar-refractivity contribution in [2.45, 2.75) is 17.5 Å². The smallest absolute Gasteiger partial charge is 0.202 e. The minimum atomic E-state index is 0.505. The number of methoxy groups -OCH3 is 1. The van der Waals surface area contributed by atoms with Crippen LogP contribution in [0.25, 0.3) is 22.9 Å². The molecular weight excluding hydrogens is 416 g/mol. The molecule has 9 heteroatoms. The molecule has 0 saturated carbocycles. The molecule has 0 radical (unpaired) electrons. The van der Waals surface area contributed by atoms with Gasteiger partial charge in [0.2, 0.25) is 5.76 Å². The first-order valence-electron chi connectivity index (χ1n) is 9.52. The average molecular weight is 434 g/mol. The molecule has 0 fully saturated rings. The number of furan rings is 2. The van der Waals surface area contributed by atoms with Crippen molar-refractivity contribution in [2.24, 2.45) is 0 Å². The molecule has 0 bridgehead atoms. The summed E-state index contributed by atoms with van der Waals surface area (Å²) in [6.45, 7) is 0.505. The van der Waals surface area contributed by atoms with E-state index in [0.29, 0.717) is 23.8 Å². The number of rotatable bonds is 8. The standard InChI is InChI=1S/C22H18N4O4S/c1-27-17-6-2-5-15(11-17)21-23-24-22(26(21)13-18-7-3-9-28-18)31-14-16-12-20(30-25-16)19-8-4-10-29-19/h2-12H,13-14H2,1H3. The Morgan fingerprint density at radius 3 is 2.68 bits per heavy atom. The van der Waals surface area contributed by atoms with Crippen molar-refractivity contribution in [3.05, 3.63) is 78.6 Å². The van der Waals surface area contributed by atoms with E-state index in [-0.39, 0.29) is 0 Å². The van der Waals surface area contributed by atoms with Crippen LogP contribution in [0.15, 0.2) is 85.6 Å². The number of ether oxygens (including phenoxy) is 1. The molecule has 4 heterocycles. The van der Waals surface area contributed by atoms with Gasteiger partial charge in [0.05, 0.1) is 31.9 Å². The third-order valence-electron chi connectivity index (χ3n) is 4.61. The van der Waals surface area contributed by atoms with E-state index in [0.717, 1.165) is 33.7 Å². The van der Waals surface area contributed by atoms with Crippen LogP contribution in [0, 0.1) is 0 Å². The van der Waals surface area contributed by atoms with E-state index < -0.39 is 0 Å². The van der Waals surface area contributed by atoms with Crippen molar-refractivity contribution in [3.8, 4) is 28.7 Å². The Hall–Kier alpha value is -3.72. The van der Waals surface area contributed by atoms with Crippen molar-refractivity contribution < 1.29 is 18.1 Å². The zero-order valence-corrected chi connectivity index (χ0v) is 17.4. The minimum Gasteiger partial charge on any atom is -0.497 e. The lowest BCUT2D eigenvalue weighted by Gasteiger charge is -2.09. The van der Waals surface area contributed by atoms with Crippen LogP contribution < -0.4 is 4.74 Å². The van der Waals surface area contributed by atoms with E-state index in [1.54, 1.807) is 19.6 Å². The van der Waals surface area contributed by atoms with E-state index in [1.807, 2.05) is 59.2 Å². The molecule has 156 valence electrons. The maximum atomic E-state index is 5.56. The molecule has 0 spiro atoms. The van der Waals surface area contributed by atoms with E-state index in [2.05, 4.69) is 15.4 Å². The first-order valence-corrected chi connectivity index (χ1v) is 10.5. The van der Waals surface area contributed by atoms with Gasteiger partial charge in [0.25, 0.3) is 0 Å². The summed E-state index contributed by atoms with van der Waals surface area (Å²) in [4.78, 5) is 0. The molecule has 5 rings (SSSR count). The molecule has 0 amide bonds. The van der Waals surface area contributed by atoms with Gasteiger partial charge in [0.15, 0.2) is 16.7 Å². The number of nitrogens with zero attached hydrogens (tertiary/aromatic N) is 4. The molecule has 0 unspecified atom stereocenters. The SMILES string of the molecule is COc1cccc(-c2nnc(SCc3cc(-c4ccco4)on3)n2Cc2ccco2)c1. The predicted octanol–water partition coefficient (Wildman–Crippen LogP) is 5.14. The Balaban J connectivity index is 1.42. The van der Waals surface area contributed by atoms with Crippen LogP contribution in [-0.2, 0) is 12.3 Å². The van der Waals surface area contributed by atoms with Crippen molar-refractivity contribution in [1.82, 2.24) is 19.9 Å². The van der Waals surface area contributed by atoms with Crippen molar-refractivity contribution >= 4 is 11.8 Å². The predicted molar refractivity (Wildman–Crippen MR) is 114 cm³/mol. The summed E-state index contributed by atoms with van der Waals surface area (Å²) in [6.07, 6.45) is 3.26. The van der Waals surface area contributed by atoms with Gasteiger partial charge in [-0.15, -0.1) is 10.2 Å². The third-order valence-corrected chi connectivity index (χ3v) is 5.61. The summed E-state index contributed by atoms with van der Waals surface area (Å²) >= 11 is 1.52. The highest BCUT2D eigenvalue weighted by Gasteiger charge is 2.18. The largest absolute Gasteiger partial charge is 0.497 e. The average Bonchev–Trinajstić information content (AvgIpc) is 3.60. The number of hydrogen-bond donors (Lipinski definition) is 0. The van der Waals surface area contributed by atoms with Crippen molar-refractivity contribution in [1.29, 1.82) is 0 Å². The van der Waals surface area contributed by atoms with Crippen molar-refractivity contribution in [3.63, 3.8) is 0 Å². The van der Waals surface area contributed by atoms with Gasteiger partial charge in [-0.1, -0.05) is 29.1 Å². The zero-order chi connectivity index (χ0) is 21.0. The Morgan fingerprint density at radius 2 is 1.87 bits per heavy atom. The van der Waals surface area contributed by atoms with Gasteiger partial charge in [0.1, 0.15) is 11.5 Å². The summed E-state index contributed by atoms with van der Waals surface area (Å²) < 4.78 is 23.7. The van der Waals surface area contributed by atoms with Gasteiger partial charge in [-0.25, -0.2) is 0 Å². The van der Waals surface area contributed by atoms with Gasteiger partial charge in [0, 0.05) is 17.4 Å². The van der Waals surface area contributed by atoms with Crippen LogP contribution >= 0.6 is 11.8 Å². The summed E-state index contributed by atoms with van der Waals surface area (Å²) in [5.41, 5.74) is 1.69. The minimum absolute atomic E-state index is 0.505. The van der Waals surface area contributed by atoms with Gasteiger partial charge in [-0.2, -0.15) is 0 Å². The molecule has 0 saturated heterocycles. The summed E-state index contributed by atoms with van der Waals surface area (Å²) in [5.74, 6) is 4.10. The molecular formula is C22H18N4O4S. The second-order valence-corrected chi connectivity index (χ2v) is 7.59. The molecule has 0 atom stereocenters. The van der Waals surface area contributed by atoms with Crippen LogP contribution in [0.3, 0.4) is 0 Å². The van der Waals surface area contributed by atoms with Crippen LogP contribution in [0.1, 0.15) is 11.5 Å². The maximum Gasteiger partial charge on any atom is 0.202 e. The second-order valence-electron chi connectivity index (χ2n) is 6.65. The lowest BCUT2D eigenvalue weighted by atomic mass is 10.2. The van der Waals surface area contributed by atoms with Gasteiger partial charge < -0.3 is 18.1 Å². The number of hydrogen-bond acceptors (Lipinski definition) is 8. The molecule has 0 aliphatic rings. The van der Waals surface area contributed by atoms with Crippen molar-refractivity contribution in [2.75, 3.05) is 7.11 Å². The fourth-order valence-corrected chi connectivity index (χ4v) is 3.94. The van der Waals surface area contributed by atoms with E-state index >= 15 is 0 Å². The molecule has 31 heavy (non-hydrogen) atoms. The van der Waals surface area contributed by atoms with Crippen LogP contribution in [0.2, 0.25) is 0 Å². The fourth-order valence-electron chi connectivity index (χ4n) is 3.13. The van der Waals surface area contributed by atoms with Gasteiger partial charge in [-0.3, -0.25) is 4.57 Å². The first-order chi connectivity index (χ1) is 15.3. The van der Waals surface area contributed by atoms with E-state index in [1.165, 1.54) is 11.8 Å². The number of benzene rings is 1. The topological polar surface area (TPSA) is 92.3 Å². The molecule has 0 aliphatic heterocycles. The summed E-state index contributed by atoms with van der Waals surface area (Å²) in [5, 5.41) is 13.7. The van der Waals surface area contributed by atoms with Gasteiger partial charge >= 0.3 is 0 Å². The first kappa shape index (κ1) is 19.3. The highest BCUT2D eigenvalue weighted by molar-refractivity contribution is 7.98. The van der Waals surface area contributed by atoms with E-state index in [9.17, 15) is 0 Å². The molecule has 4 aromatic heterocycles. The Morgan fingerprint density at radius 1 is 0.968 bits per heavy atom.